The average molecular weight is 424 g/mol. The Morgan fingerprint density at radius 3 is 1.90 bits per heavy atom. The van der Waals surface area contributed by atoms with Gasteiger partial charge >= 0.3 is 0 Å². The van der Waals surface area contributed by atoms with Gasteiger partial charge in [0.15, 0.2) is 12.6 Å². The number of carbonyl (C=O) groups is 2. The fourth-order valence-corrected chi connectivity index (χ4v) is 3.38. The van der Waals surface area contributed by atoms with Gasteiger partial charge in [-0.1, -0.05) is 0 Å². The normalized spacial score (nSPS) is 42.9. The summed E-state index contributed by atoms with van der Waals surface area (Å²) in [7, 11) is 0. The van der Waals surface area contributed by atoms with Gasteiger partial charge in [-0.05, 0) is 0 Å². The van der Waals surface area contributed by atoms with E-state index in [0.29, 0.717) is 0 Å². The zero-order chi connectivity index (χ0) is 21.9. The van der Waals surface area contributed by atoms with Crippen LogP contribution in [0.15, 0.2) is 0 Å². The van der Waals surface area contributed by atoms with Crippen molar-refractivity contribution in [3.8, 4) is 0 Å². The quantitative estimate of drug-likeness (QED) is 0.202. The molecule has 10 atom stereocenters. The summed E-state index contributed by atoms with van der Waals surface area (Å²) in [6.45, 7) is 0.962. The summed E-state index contributed by atoms with van der Waals surface area (Å²) in [5, 5.41) is 64.5. The maximum atomic E-state index is 11.5. The lowest BCUT2D eigenvalue weighted by molar-refractivity contribution is -0.327. The molecule has 0 aliphatic carbocycles. The van der Waals surface area contributed by atoms with E-state index in [0.717, 1.165) is 13.8 Å². The van der Waals surface area contributed by atoms with Crippen LogP contribution >= 0.6 is 0 Å². The van der Waals surface area contributed by atoms with E-state index in [1.54, 1.807) is 0 Å². The second kappa shape index (κ2) is 10.1. The van der Waals surface area contributed by atoms with Crippen LogP contribution < -0.4 is 10.6 Å². The first-order valence-corrected chi connectivity index (χ1v) is 9.05. The molecule has 2 aliphatic heterocycles. The van der Waals surface area contributed by atoms with Crippen molar-refractivity contribution >= 4 is 11.8 Å². The van der Waals surface area contributed by atoms with Crippen LogP contribution in [-0.2, 0) is 23.8 Å². The molecule has 0 saturated carbocycles. The van der Waals surface area contributed by atoms with E-state index < -0.39 is 86.3 Å². The molecule has 0 radical (unpaired) electrons. The Morgan fingerprint density at radius 2 is 1.38 bits per heavy atom. The molecule has 0 aromatic heterocycles. The van der Waals surface area contributed by atoms with Crippen molar-refractivity contribution in [1.29, 1.82) is 0 Å². The van der Waals surface area contributed by atoms with Gasteiger partial charge in [-0.3, -0.25) is 9.59 Å². The number of hydrogen-bond donors (Lipinski definition) is 8. The van der Waals surface area contributed by atoms with Gasteiger partial charge in [0.1, 0.15) is 48.7 Å². The van der Waals surface area contributed by atoms with E-state index in [2.05, 4.69) is 10.6 Å². The number of rotatable bonds is 6. The van der Waals surface area contributed by atoms with Gasteiger partial charge < -0.3 is 55.5 Å². The molecule has 168 valence electrons. The van der Waals surface area contributed by atoms with Crippen molar-refractivity contribution in [2.24, 2.45) is 0 Å². The third-order valence-corrected chi connectivity index (χ3v) is 4.78. The third kappa shape index (κ3) is 5.39. The van der Waals surface area contributed by atoms with E-state index in [1.165, 1.54) is 0 Å². The maximum Gasteiger partial charge on any atom is 0.217 e. The van der Waals surface area contributed by atoms with Crippen LogP contribution in [0.2, 0.25) is 0 Å². The lowest BCUT2D eigenvalue weighted by Gasteiger charge is -2.47. The lowest BCUT2D eigenvalue weighted by Crippen LogP contribution is -2.69. The van der Waals surface area contributed by atoms with Gasteiger partial charge in [-0.15, -0.1) is 0 Å². The topological polar surface area (TPSA) is 207 Å². The van der Waals surface area contributed by atoms with E-state index in [9.17, 15) is 40.2 Å². The zero-order valence-electron chi connectivity index (χ0n) is 15.9. The van der Waals surface area contributed by atoms with Gasteiger partial charge in [0.2, 0.25) is 11.8 Å². The van der Waals surface area contributed by atoms with Gasteiger partial charge in [-0.2, -0.15) is 0 Å². The first kappa shape index (κ1) is 23.9. The first-order valence-electron chi connectivity index (χ1n) is 9.05. The Balaban J connectivity index is 2.26. The molecule has 0 aromatic carbocycles. The van der Waals surface area contributed by atoms with Crippen LogP contribution in [0.5, 0.6) is 0 Å². The Labute approximate surface area is 166 Å². The molecule has 2 heterocycles. The minimum Gasteiger partial charge on any atom is -0.394 e. The molecule has 2 rings (SSSR count). The zero-order valence-corrected chi connectivity index (χ0v) is 15.9. The van der Waals surface area contributed by atoms with E-state index >= 15 is 0 Å². The van der Waals surface area contributed by atoms with Crippen molar-refractivity contribution in [1.82, 2.24) is 10.6 Å². The summed E-state index contributed by atoms with van der Waals surface area (Å²) in [5.41, 5.74) is 0. The molecule has 2 saturated heterocycles. The number of aliphatic hydroxyl groups is 6. The van der Waals surface area contributed by atoms with Crippen molar-refractivity contribution in [3.63, 3.8) is 0 Å². The summed E-state index contributed by atoms with van der Waals surface area (Å²) in [6, 6.07) is -2.59. The van der Waals surface area contributed by atoms with E-state index in [4.69, 9.17) is 14.2 Å². The Kier molecular flexibility index (Phi) is 8.28. The summed E-state index contributed by atoms with van der Waals surface area (Å²) in [4.78, 5) is 22.8. The predicted molar refractivity (Wildman–Crippen MR) is 91.8 cm³/mol. The molecule has 29 heavy (non-hydrogen) atoms. The Morgan fingerprint density at radius 1 is 0.828 bits per heavy atom. The highest BCUT2D eigenvalue weighted by molar-refractivity contribution is 5.73. The molecule has 0 unspecified atom stereocenters. The average Bonchev–Trinajstić information content (AvgIpc) is 2.65. The minimum absolute atomic E-state index is 0.568. The number of nitrogens with one attached hydrogen (secondary N) is 2. The van der Waals surface area contributed by atoms with Crippen LogP contribution in [-0.4, -0.2) is 117 Å². The van der Waals surface area contributed by atoms with Gasteiger partial charge in [0, 0.05) is 13.8 Å². The molecule has 13 nitrogen and oxygen atoms in total. The molecule has 2 fully saturated rings. The Hall–Kier alpha value is -1.42. The van der Waals surface area contributed by atoms with Crippen molar-refractivity contribution in [2.45, 2.75) is 75.1 Å². The van der Waals surface area contributed by atoms with E-state index in [1.807, 2.05) is 0 Å². The number of ether oxygens (including phenoxy) is 3. The summed E-state index contributed by atoms with van der Waals surface area (Å²) in [5.74, 6) is -1.14. The number of hydrogen-bond acceptors (Lipinski definition) is 11. The molecule has 0 spiro atoms. The standard InChI is InChI=1S/C16H28N2O11/c1-5(21)17-9-13(25)14(8(4-20)27-15(9)26)29-16-10(18-6(2)22)12(24)11(23)7(3-19)28-16/h7-16,19-20,23-26H,3-4H2,1-2H3,(H,17,21)(H,18,22)/t7-,8+,9-,10+,11+,12-,13+,14-,15+,16+/m1/s1. The highest BCUT2D eigenvalue weighted by Crippen LogP contribution is 2.28. The second-order valence-corrected chi connectivity index (χ2v) is 7.00. The fourth-order valence-electron chi connectivity index (χ4n) is 3.38. The monoisotopic (exact) mass is 424 g/mol. The number of carbonyl (C=O) groups excluding carboxylic acids is 2. The third-order valence-electron chi connectivity index (χ3n) is 4.78. The van der Waals surface area contributed by atoms with Crippen LogP contribution in [0.1, 0.15) is 13.8 Å². The van der Waals surface area contributed by atoms with Crippen molar-refractivity contribution < 1.29 is 54.4 Å². The summed E-state index contributed by atoms with van der Waals surface area (Å²) in [6.07, 6.45) is -11.7. The van der Waals surface area contributed by atoms with Crippen LogP contribution in [0.4, 0.5) is 0 Å². The molecule has 2 aliphatic rings. The van der Waals surface area contributed by atoms with Crippen LogP contribution in [0.3, 0.4) is 0 Å². The number of amides is 2. The van der Waals surface area contributed by atoms with Crippen LogP contribution in [0, 0.1) is 0 Å². The largest absolute Gasteiger partial charge is 0.394 e. The molecule has 0 bridgehead atoms. The predicted octanol–water partition coefficient (Wildman–Crippen LogP) is -5.11. The lowest BCUT2D eigenvalue weighted by atomic mass is 9.94. The number of aliphatic hydroxyl groups excluding tert-OH is 6. The second-order valence-electron chi connectivity index (χ2n) is 7.00. The summed E-state index contributed by atoms with van der Waals surface area (Å²) >= 11 is 0. The fraction of sp³-hybridized carbons (Fsp3) is 0.875. The van der Waals surface area contributed by atoms with Gasteiger partial charge in [0.05, 0.1) is 13.2 Å². The highest BCUT2D eigenvalue weighted by atomic mass is 16.7. The van der Waals surface area contributed by atoms with Crippen LogP contribution in [0.25, 0.3) is 0 Å². The maximum absolute atomic E-state index is 11.5. The van der Waals surface area contributed by atoms with Crippen molar-refractivity contribution in [3.05, 3.63) is 0 Å². The minimum atomic E-state index is -1.64. The summed E-state index contributed by atoms with van der Waals surface area (Å²) < 4.78 is 16.3. The van der Waals surface area contributed by atoms with Gasteiger partial charge in [-0.25, -0.2) is 0 Å². The smallest absolute Gasteiger partial charge is 0.217 e. The highest BCUT2D eigenvalue weighted by Gasteiger charge is 2.51. The SMILES string of the molecule is CC(=O)N[C@@H]1[C@H](O[C@H]2[C@@H](O)[C@@H](NC(C)=O)[C@@H](O)O[C@H]2CO)O[C@H](CO)[C@H](O)[C@@H]1O. The molecule has 8 N–H and O–H groups in total. The molecular weight excluding hydrogens is 396 g/mol. The first-order chi connectivity index (χ1) is 13.6. The molecule has 0 aromatic rings. The Bertz CT molecular complexity index is 579. The van der Waals surface area contributed by atoms with Gasteiger partial charge in [0.25, 0.3) is 0 Å². The van der Waals surface area contributed by atoms with E-state index in [-0.39, 0.29) is 0 Å². The van der Waals surface area contributed by atoms with Crippen molar-refractivity contribution in [2.75, 3.05) is 13.2 Å². The molecular formula is C16H28N2O11. The molecule has 13 heteroatoms. The molecule has 2 amide bonds.